The highest BCUT2D eigenvalue weighted by molar-refractivity contribution is 5.86. The maximum absolute atomic E-state index is 13.9. The molecule has 1 aliphatic rings. The van der Waals surface area contributed by atoms with Gasteiger partial charge in [0.05, 0.1) is 5.52 Å². The Morgan fingerprint density at radius 2 is 2.11 bits per heavy atom. The van der Waals surface area contributed by atoms with Crippen molar-refractivity contribution in [1.82, 2.24) is 10.3 Å². The Labute approximate surface area is 109 Å². The molecule has 19 heavy (non-hydrogen) atoms. The van der Waals surface area contributed by atoms with Crippen LogP contribution in [0.4, 0.5) is 13.2 Å². The van der Waals surface area contributed by atoms with Crippen molar-refractivity contribution in [2.24, 2.45) is 0 Å². The smallest absolute Gasteiger partial charge is 0.168 e. The van der Waals surface area contributed by atoms with Gasteiger partial charge in [0.1, 0.15) is 5.82 Å². The van der Waals surface area contributed by atoms with E-state index in [0.29, 0.717) is 18.1 Å². The van der Waals surface area contributed by atoms with Crippen LogP contribution in [0.2, 0.25) is 0 Å². The van der Waals surface area contributed by atoms with E-state index in [1.54, 1.807) is 0 Å². The topological polar surface area (TPSA) is 27.8 Å². The number of aryl methyl sites for hydroxylation is 1. The average molecular weight is 268 g/mol. The number of rotatable bonds is 2. The van der Waals surface area contributed by atoms with Gasteiger partial charge in [-0.25, -0.2) is 13.2 Å². The highest BCUT2D eigenvalue weighted by atomic mass is 19.2. The highest BCUT2D eigenvalue weighted by Crippen LogP contribution is 2.37. The summed E-state index contributed by atoms with van der Waals surface area (Å²) in [5.41, 5.74) is 1.59. The summed E-state index contributed by atoms with van der Waals surface area (Å²) in [6.07, 6.45) is 2.45. The fourth-order valence-electron chi connectivity index (χ4n) is 2.98. The number of aromatic amines is 1. The zero-order valence-corrected chi connectivity index (χ0v) is 10.6. The van der Waals surface area contributed by atoms with Crippen LogP contribution in [0.5, 0.6) is 0 Å². The van der Waals surface area contributed by atoms with Crippen molar-refractivity contribution in [3.05, 3.63) is 34.8 Å². The van der Waals surface area contributed by atoms with Crippen molar-refractivity contribution in [1.29, 1.82) is 0 Å². The normalized spacial score (nSPS) is 18.8. The van der Waals surface area contributed by atoms with Gasteiger partial charge in [0.25, 0.3) is 0 Å². The molecule has 0 bridgehead atoms. The third kappa shape index (κ3) is 1.84. The average Bonchev–Trinajstić information content (AvgIpc) is 2.78. The van der Waals surface area contributed by atoms with E-state index in [2.05, 4.69) is 10.3 Å². The van der Waals surface area contributed by atoms with Crippen LogP contribution in [-0.4, -0.2) is 11.5 Å². The molecule has 1 unspecified atom stereocenters. The molecule has 2 aromatic rings. The maximum Gasteiger partial charge on any atom is 0.168 e. The molecule has 102 valence electrons. The molecule has 2 nitrogen and oxygen atoms in total. The van der Waals surface area contributed by atoms with Crippen molar-refractivity contribution in [2.45, 2.75) is 32.2 Å². The molecule has 1 heterocycles. The Morgan fingerprint density at radius 3 is 2.84 bits per heavy atom. The predicted molar refractivity (Wildman–Crippen MR) is 67.5 cm³/mol. The molecule has 3 rings (SSSR count). The molecule has 1 aromatic heterocycles. The summed E-state index contributed by atoms with van der Waals surface area (Å²) in [4.78, 5) is 2.94. The summed E-state index contributed by atoms with van der Waals surface area (Å²) in [6, 6.07) is 0.657. The van der Waals surface area contributed by atoms with E-state index in [-0.39, 0.29) is 16.9 Å². The minimum Gasteiger partial charge on any atom is -0.354 e. The Balaban J connectivity index is 2.27. The molecule has 0 spiro atoms. The van der Waals surface area contributed by atoms with Crippen molar-refractivity contribution < 1.29 is 13.2 Å². The molecular weight excluding hydrogens is 253 g/mol. The first-order valence-corrected chi connectivity index (χ1v) is 6.54. The van der Waals surface area contributed by atoms with Crippen LogP contribution < -0.4 is 5.32 Å². The number of nitrogens with one attached hydrogen (secondary N) is 2. The second kappa shape index (κ2) is 4.56. The first kappa shape index (κ1) is 12.5. The van der Waals surface area contributed by atoms with E-state index in [1.165, 1.54) is 0 Å². The molecule has 1 aliphatic carbocycles. The van der Waals surface area contributed by atoms with Gasteiger partial charge in [-0.1, -0.05) is 6.92 Å². The fraction of sp³-hybridized carbons (Fsp3) is 0.429. The molecule has 0 radical (unpaired) electrons. The molecular formula is C14H15F3N2. The Morgan fingerprint density at radius 1 is 1.32 bits per heavy atom. The van der Waals surface area contributed by atoms with E-state index < -0.39 is 17.5 Å². The SMILES string of the molecule is CCNC1CCCc2c1[nH]c1c(F)cc(F)c(F)c21. The first-order chi connectivity index (χ1) is 9.13. The van der Waals surface area contributed by atoms with Crippen molar-refractivity contribution in [3.63, 3.8) is 0 Å². The van der Waals surface area contributed by atoms with E-state index in [4.69, 9.17) is 0 Å². The van der Waals surface area contributed by atoms with Crippen LogP contribution in [0.1, 0.15) is 37.1 Å². The predicted octanol–water partition coefficient (Wildman–Crippen LogP) is 3.57. The van der Waals surface area contributed by atoms with E-state index in [0.717, 1.165) is 25.1 Å². The molecule has 0 fully saturated rings. The van der Waals surface area contributed by atoms with Crippen molar-refractivity contribution in [3.8, 4) is 0 Å². The Hall–Kier alpha value is -1.49. The van der Waals surface area contributed by atoms with Gasteiger partial charge in [-0.3, -0.25) is 0 Å². The van der Waals surface area contributed by atoms with E-state index >= 15 is 0 Å². The monoisotopic (exact) mass is 268 g/mol. The van der Waals surface area contributed by atoms with Gasteiger partial charge in [-0.05, 0) is 31.4 Å². The zero-order chi connectivity index (χ0) is 13.6. The van der Waals surface area contributed by atoms with Crippen molar-refractivity contribution in [2.75, 3.05) is 6.54 Å². The van der Waals surface area contributed by atoms with Gasteiger partial charge in [-0.15, -0.1) is 0 Å². The van der Waals surface area contributed by atoms with Crippen LogP contribution in [0.25, 0.3) is 10.9 Å². The summed E-state index contributed by atoms with van der Waals surface area (Å²) in [5, 5.41) is 3.36. The van der Waals surface area contributed by atoms with Gasteiger partial charge >= 0.3 is 0 Å². The van der Waals surface area contributed by atoms with Gasteiger partial charge in [0, 0.05) is 23.2 Å². The molecule has 5 heteroatoms. The number of aromatic nitrogens is 1. The number of halogens is 3. The van der Waals surface area contributed by atoms with Crippen LogP contribution in [0, 0.1) is 17.5 Å². The minimum atomic E-state index is -1.13. The summed E-state index contributed by atoms with van der Waals surface area (Å²) >= 11 is 0. The minimum absolute atomic E-state index is 0.0583. The standard InChI is InChI=1S/C14H15F3N2/c1-2-18-10-5-3-4-7-11-12(17)8(15)6-9(16)14(11)19-13(7)10/h6,10,18-19H,2-5H2,1H3. The van der Waals surface area contributed by atoms with Crippen molar-refractivity contribution >= 4 is 10.9 Å². The second-order valence-electron chi connectivity index (χ2n) is 4.92. The molecule has 0 amide bonds. The number of fused-ring (bicyclic) bond motifs is 3. The summed E-state index contributed by atoms with van der Waals surface area (Å²) in [6.45, 7) is 2.76. The lowest BCUT2D eigenvalue weighted by molar-refractivity contribution is 0.464. The summed E-state index contributed by atoms with van der Waals surface area (Å²) in [7, 11) is 0. The Kier molecular flexibility index (Phi) is 3.01. The zero-order valence-electron chi connectivity index (χ0n) is 10.6. The van der Waals surface area contributed by atoms with Crippen LogP contribution >= 0.6 is 0 Å². The molecule has 0 aliphatic heterocycles. The van der Waals surface area contributed by atoms with E-state index in [1.807, 2.05) is 6.92 Å². The highest BCUT2D eigenvalue weighted by Gasteiger charge is 2.27. The first-order valence-electron chi connectivity index (χ1n) is 6.54. The quantitative estimate of drug-likeness (QED) is 0.801. The van der Waals surface area contributed by atoms with Gasteiger partial charge in [-0.2, -0.15) is 0 Å². The lowest BCUT2D eigenvalue weighted by Gasteiger charge is -2.23. The molecule has 1 atom stereocenters. The van der Waals surface area contributed by atoms with Crippen LogP contribution in [0.3, 0.4) is 0 Å². The fourth-order valence-corrected chi connectivity index (χ4v) is 2.98. The number of benzene rings is 1. The Bertz CT molecular complexity index is 633. The van der Waals surface area contributed by atoms with Crippen LogP contribution in [0.15, 0.2) is 6.07 Å². The number of hydrogen-bond donors (Lipinski definition) is 2. The van der Waals surface area contributed by atoms with Gasteiger partial charge < -0.3 is 10.3 Å². The molecule has 0 saturated carbocycles. The van der Waals surface area contributed by atoms with E-state index in [9.17, 15) is 13.2 Å². The summed E-state index contributed by atoms with van der Waals surface area (Å²) in [5.74, 6) is -2.82. The second-order valence-corrected chi connectivity index (χ2v) is 4.92. The number of H-pyrrole nitrogens is 1. The largest absolute Gasteiger partial charge is 0.354 e. The molecule has 0 saturated heterocycles. The maximum atomic E-state index is 13.9. The summed E-state index contributed by atoms with van der Waals surface area (Å²) < 4.78 is 41.1. The molecule has 2 N–H and O–H groups in total. The van der Waals surface area contributed by atoms with Gasteiger partial charge in [0.2, 0.25) is 0 Å². The third-order valence-electron chi connectivity index (χ3n) is 3.78. The lowest BCUT2D eigenvalue weighted by Crippen LogP contribution is -2.24. The van der Waals surface area contributed by atoms with Crippen LogP contribution in [-0.2, 0) is 6.42 Å². The van der Waals surface area contributed by atoms with Gasteiger partial charge in [0.15, 0.2) is 11.6 Å². The molecule has 1 aromatic carbocycles. The lowest BCUT2D eigenvalue weighted by atomic mass is 9.91. The number of hydrogen-bond acceptors (Lipinski definition) is 1. The third-order valence-corrected chi connectivity index (χ3v) is 3.78.